The third kappa shape index (κ3) is 6.99. The van der Waals surface area contributed by atoms with E-state index in [0.29, 0.717) is 13.2 Å². The molecule has 0 unspecified atom stereocenters. The number of carbonyl (C=O) groups excluding carboxylic acids is 1. The van der Waals surface area contributed by atoms with Gasteiger partial charge in [-0.25, -0.2) is 4.98 Å². The summed E-state index contributed by atoms with van der Waals surface area (Å²) in [5.41, 5.74) is 2.19. The van der Waals surface area contributed by atoms with Crippen molar-refractivity contribution in [3.05, 3.63) is 54.4 Å². The van der Waals surface area contributed by atoms with Crippen molar-refractivity contribution in [2.75, 3.05) is 34.0 Å². The van der Waals surface area contributed by atoms with Crippen LogP contribution in [0.15, 0.2) is 48.5 Å². The molecule has 0 radical (unpaired) electrons. The number of para-hydroxylation sites is 2. The molecule has 0 saturated heterocycles. The van der Waals surface area contributed by atoms with Gasteiger partial charge in [-0.2, -0.15) is 0 Å². The molecule has 3 aromatic rings. The van der Waals surface area contributed by atoms with Crippen molar-refractivity contribution in [2.45, 2.75) is 38.6 Å². The lowest BCUT2D eigenvalue weighted by molar-refractivity contribution is -0.124. The molecule has 2 aromatic carbocycles. The molecule has 1 N–H and O–H groups in total. The summed E-state index contributed by atoms with van der Waals surface area (Å²) in [4.78, 5) is 16.3. The highest BCUT2D eigenvalue weighted by molar-refractivity contribution is 5.77. The van der Waals surface area contributed by atoms with Gasteiger partial charge < -0.3 is 24.1 Å². The molecule has 0 bridgehead atoms. The first-order chi connectivity index (χ1) is 15.7. The average Bonchev–Trinajstić information content (AvgIpc) is 3.16. The summed E-state index contributed by atoms with van der Waals surface area (Å²) in [6.07, 6.45) is 4.82. The number of unbranched alkanes of at least 4 members (excludes halogenated alkanes) is 2. The van der Waals surface area contributed by atoms with Crippen molar-refractivity contribution in [1.82, 2.24) is 14.9 Å². The minimum Gasteiger partial charge on any atom is -0.497 e. The van der Waals surface area contributed by atoms with Crippen LogP contribution in [0.4, 0.5) is 0 Å². The fourth-order valence-corrected chi connectivity index (χ4v) is 3.66. The molecule has 0 aliphatic rings. The number of carbonyl (C=O) groups is 1. The van der Waals surface area contributed by atoms with Crippen molar-refractivity contribution >= 4 is 16.9 Å². The SMILES string of the molecule is COCC(=O)NCCCCCc1nc2ccccc2n1CCCOc1cccc(OC)c1. The Bertz CT molecular complexity index is 986. The Morgan fingerprint density at radius 3 is 2.69 bits per heavy atom. The third-order valence-electron chi connectivity index (χ3n) is 5.24. The first-order valence-corrected chi connectivity index (χ1v) is 11.2. The summed E-state index contributed by atoms with van der Waals surface area (Å²) >= 11 is 0. The summed E-state index contributed by atoms with van der Waals surface area (Å²) in [7, 11) is 3.18. The number of nitrogens with zero attached hydrogens (tertiary/aromatic N) is 2. The van der Waals surface area contributed by atoms with Gasteiger partial charge in [-0.15, -0.1) is 0 Å². The Hall–Kier alpha value is -3.06. The van der Waals surface area contributed by atoms with Crippen LogP contribution in [-0.2, 0) is 22.5 Å². The van der Waals surface area contributed by atoms with E-state index in [4.69, 9.17) is 19.2 Å². The second-order valence-corrected chi connectivity index (χ2v) is 7.64. The predicted octanol–water partition coefficient (Wildman–Crippen LogP) is 3.99. The lowest BCUT2D eigenvalue weighted by Gasteiger charge is -2.11. The second kappa shape index (κ2) is 12.7. The van der Waals surface area contributed by atoms with E-state index in [1.807, 2.05) is 30.3 Å². The zero-order valence-electron chi connectivity index (χ0n) is 19.0. The molecular formula is C25H33N3O4. The van der Waals surface area contributed by atoms with Crippen LogP contribution in [0.5, 0.6) is 11.5 Å². The molecule has 1 heterocycles. The van der Waals surface area contributed by atoms with Crippen molar-refractivity contribution in [3.63, 3.8) is 0 Å². The number of nitrogens with one attached hydrogen (secondary N) is 1. The standard InChI is InChI=1S/C25H33N3O4/c1-30-19-25(29)26-15-7-3-4-14-24-27-22-12-5-6-13-23(22)28(24)16-9-17-32-21-11-8-10-20(18-21)31-2/h5-6,8,10-13,18H,3-4,7,9,14-17,19H2,1-2H3,(H,26,29). The maximum Gasteiger partial charge on any atom is 0.245 e. The fraction of sp³-hybridized carbons (Fsp3) is 0.440. The minimum absolute atomic E-state index is 0.0644. The van der Waals surface area contributed by atoms with E-state index in [2.05, 4.69) is 28.1 Å². The Balaban J connectivity index is 1.49. The maximum absolute atomic E-state index is 11.4. The van der Waals surface area contributed by atoms with Crippen molar-refractivity contribution in [1.29, 1.82) is 0 Å². The highest BCUT2D eigenvalue weighted by atomic mass is 16.5. The van der Waals surface area contributed by atoms with E-state index in [1.54, 1.807) is 7.11 Å². The number of hydrogen-bond acceptors (Lipinski definition) is 5. The first-order valence-electron chi connectivity index (χ1n) is 11.2. The monoisotopic (exact) mass is 439 g/mol. The van der Waals surface area contributed by atoms with Crippen LogP contribution in [0, 0.1) is 0 Å². The van der Waals surface area contributed by atoms with Gasteiger partial charge in [0.05, 0.1) is 24.8 Å². The summed E-state index contributed by atoms with van der Waals surface area (Å²) in [6.45, 7) is 2.28. The summed E-state index contributed by atoms with van der Waals surface area (Å²) in [5, 5.41) is 2.86. The lowest BCUT2D eigenvalue weighted by atomic mass is 10.2. The molecule has 32 heavy (non-hydrogen) atoms. The summed E-state index contributed by atoms with van der Waals surface area (Å²) in [5.74, 6) is 2.66. The van der Waals surface area contributed by atoms with Crippen LogP contribution >= 0.6 is 0 Å². The van der Waals surface area contributed by atoms with Crippen LogP contribution in [0.25, 0.3) is 11.0 Å². The molecule has 1 amide bonds. The molecule has 0 aliphatic heterocycles. The number of ether oxygens (including phenoxy) is 3. The molecular weight excluding hydrogens is 406 g/mol. The average molecular weight is 440 g/mol. The summed E-state index contributed by atoms with van der Waals surface area (Å²) in [6, 6.07) is 15.9. The number of hydrogen-bond donors (Lipinski definition) is 1. The molecule has 7 heteroatoms. The van der Waals surface area contributed by atoms with Gasteiger partial charge in [0.25, 0.3) is 0 Å². The van der Waals surface area contributed by atoms with Gasteiger partial charge in [-0.1, -0.05) is 24.6 Å². The molecule has 7 nitrogen and oxygen atoms in total. The minimum atomic E-state index is -0.0644. The largest absolute Gasteiger partial charge is 0.497 e. The van der Waals surface area contributed by atoms with Crippen LogP contribution in [-0.4, -0.2) is 49.4 Å². The van der Waals surface area contributed by atoms with Crippen molar-refractivity contribution in [3.8, 4) is 11.5 Å². The zero-order valence-corrected chi connectivity index (χ0v) is 19.0. The fourth-order valence-electron chi connectivity index (χ4n) is 3.66. The molecule has 3 rings (SSSR count). The zero-order chi connectivity index (χ0) is 22.6. The Morgan fingerprint density at radius 1 is 1.00 bits per heavy atom. The Kier molecular flexibility index (Phi) is 9.37. The number of rotatable bonds is 14. The van der Waals surface area contributed by atoms with Crippen molar-refractivity contribution in [2.24, 2.45) is 0 Å². The Morgan fingerprint density at radius 2 is 1.84 bits per heavy atom. The van der Waals surface area contributed by atoms with E-state index >= 15 is 0 Å². The molecule has 0 spiro atoms. The molecule has 172 valence electrons. The van der Waals surface area contributed by atoms with Gasteiger partial charge in [0.2, 0.25) is 5.91 Å². The number of imidazole rings is 1. The molecule has 1 aromatic heterocycles. The van der Waals surface area contributed by atoms with E-state index in [-0.39, 0.29) is 12.5 Å². The normalized spacial score (nSPS) is 10.9. The molecule has 0 aliphatic carbocycles. The smallest absolute Gasteiger partial charge is 0.245 e. The summed E-state index contributed by atoms with van der Waals surface area (Å²) < 4.78 is 18.3. The van der Waals surface area contributed by atoms with Gasteiger partial charge in [-0.05, 0) is 43.5 Å². The number of fused-ring (bicyclic) bond motifs is 1. The van der Waals surface area contributed by atoms with Gasteiger partial charge in [0, 0.05) is 32.7 Å². The highest BCUT2D eigenvalue weighted by Crippen LogP contribution is 2.20. The first kappa shape index (κ1) is 23.6. The van der Waals surface area contributed by atoms with Crippen molar-refractivity contribution < 1.29 is 19.0 Å². The number of methoxy groups -OCH3 is 2. The van der Waals surface area contributed by atoms with E-state index in [1.165, 1.54) is 7.11 Å². The van der Waals surface area contributed by atoms with Crippen LogP contribution < -0.4 is 14.8 Å². The Labute approximate surface area is 189 Å². The van der Waals surface area contributed by atoms with E-state index in [0.717, 1.165) is 67.0 Å². The van der Waals surface area contributed by atoms with Crippen LogP contribution in [0.1, 0.15) is 31.5 Å². The van der Waals surface area contributed by atoms with E-state index < -0.39 is 0 Å². The number of aromatic nitrogens is 2. The predicted molar refractivity (Wildman–Crippen MR) is 125 cm³/mol. The molecule has 0 fully saturated rings. The third-order valence-corrected chi connectivity index (χ3v) is 5.24. The van der Waals surface area contributed by atoms with Gasteiger partial charge >= 0.3 is 0 Å². The highest BCUT2D eigenvalue weighted by Gasteiger charge is 2.10. The van der Waals surface area contributed by atoms with Gasteiger partial charge in [0.1, 0.15) is 23.9 Å². The number of benzene rings is 2. The number of aryl methyl sites for hydroxylation is 2. The quantitative estimate of drug-likeness (QED) is 0.385. The topological polar surface area (TPSA) is 74.6 Å². The lowest BCUT2D eigenvalue weighted by Crippen LogP contribution is -2.27. The molecule has 0 saturated carbocycles. The number of amides is 1. The van der Waals surface area contributed by atoms with Crippen LogP contribution in [0.3, 0.4) is 0 Å². The van der Waals surface area contributed by atoms with Gasteiger partial charge in [-0.3, -0.25) is 4.79 Å². The van der Waals surface area contributed by atoms with Gasteiger partial charge in [0.15, 0.2) is 0 Å². The molecule has 0 atom stereocenters. The van der Waals surface area contributed by atoms with E-state index in [9.17, 15) is 4.79 Å². The maximum atomic E-state index is 11.4. The van der Waals surface area contributed by atoms with Crippen LogP contribution in [0.2, 0.25) is 0 Å². The second-order valence-electron chi connectivity index (χ2n) is 7.64.